The molecule has 0 aliphatic heterocycles. The van der Waals surface area contributed by atoms with Gasteiger partial charge in [0.05, 0.1) is 12.5 Å². The summed E-state index contributed by atoms with van der Waals surface area (Å²) >= 11 is 0. The molecule has 1 aromatic heterocycles. The topological polar surface area (TPSA) is 64.4 Å². The molecule has 26 heavy (non-hydrogen) atoms. The SMILES string of the molecule is COC(=O)C12CC3CC(C1)C(CC(=O)c1cc(N(C)C)n(C)n1)C(C3)C2. The Morgan fingerprint density at radius 1 is 1.27 bits per heavy atom. The maximum atomic E-state index is 12.9. The van der Waals surface area contributed by atoms with Gasteiger partial charge in [-0.2, -0.15) is 5.10 Å². The molecule has 5 rings (SSSR count). The summed E-state index contributed by atoms with van der Waals surface area (Å²) in [6, 6.07) is 1.88. The highest BCUT2D eigenvalue weighted by molar-refractivity contribution is 5.95. The Hall–Kier alpha value is -1.85. The van der Waals surface area contributed by atoms with Crippen molar-refractivity contribution in [3.05, 3.63) is 11.8 Å². The monoisotopic (exact) mass is 359 g/mol. The van der Waals surface area contributed by atoms with E-state index in [-0.39, 0.29) is 17.2 Å². The number of nitrogens with zero attached hydrogens (tertiary/aromatic N) is 3. The van der Waals surface area contributed by atoms with Crippen molar-refractivity contribution in [2.45, 2.75) is 38.5 Å². The van der Waals surface area contributed by atoms with Gasteiger partial charge in [0.15, 0.2) is 5.78 Å². The van der Waals surface area contributed by atoms with E-state index in [1.54, 1.807) is 4.68 Å². The molecule has 4 fully saturated rings. The van der Waals surface area contributed by atoms with Crippen LogP contribution in [0.15, 0.2) is 6.07 Å². The first kappa shape index (κ1) is 17.6. The largest absolute Gasteiger partial charge is 0.469 e. The van der Waals surface area contributed by atoms with Gasteiger partial charge in [-0.25, -0.2) is 0 Å². The van der Waals surface area contributed by atoms with E-state index in [4.69, 9.17) is 4.74 Å². The fraction of sp³-hybridized carbons (Fsp3) is 0.750. The van der Waals surface area contributed by atoms with Crippen LogP contribution >= 0.6 is 0 Å². The molecule has 0 radical (unpaired) electrons. The predicted octanol–water partition coefficient (Wildman–Crippen LogP) is 2.67. The first-order valence-electron chi connectivity index (χ1n) is 9.66. The maximum absolute atomic E-state index is 12.9. The van der Waals surface area contributed by atoms with Gasteiger partial charge >= 0.3 is 5.97 Å². The number of ketones is 1. The van der Waals surface area contributed by atoms with Crippen LogP contribution in [0.25, 0.3) is 0 Å². The summed E-state index contributed by atoms with van der Waals surface area (Å²) in [4.78, 5) is 27.3. The van der Waals surface area contributed by atoms with E-state index in [1.807, 2.05) is 32.1 Å². The minimum absolute atomic E-state index is 0.0259. The zero-order chi connectivity index (χ0) is 18.6. The van der Waals surface area contributed by atoms with Gasteiger partial charge in [-0.3, -0.25) is 14.3 Å². The summed E-state index contributed by atoms with van der Waals surface area (Å²) < 4.78 is 6.90. The lowest BCUT2D eigenvalue weighted by Gasteiger charge is -2.58. The Balaban J connectivity index is 1.51. The van der Waals surface area contributed by atoms with Crippen molar-refractivity contribution in [1.29, 1.82) is 0 Å². The highest BCUT2D eigenvalue weighted by Gasteiger charge is 2.59. The van der Waals surface area contributed by atoms with E-state index >= 15 is 0 Å². The summed E-state index contributed by atoms with van der Waals surface area (Å²) in [5, 5.41) is 4.42. The first-order chi connectivity index (χ1) is 12.3. The number of methoxy groups -OCH3 is 1. The van der Waals surface area contributed by atoms with Gasteiger partial charge in [0.2, 0.25) is 0 Å². The Kier molecular flexibility index (Phi) is 4.12. The van der Waals surface area contributed by atoms with E-state index in [2.05, 4.69) is 5.10 Å². The van der Waals surface area contributed by atoms with Gasteiger partial charge in [0.25, 0.3) is 0 Å². The third-order valence-corrected chi connectivity index (χ3v) is 7.11. The normalized spacial score (nSPS) is 34.8. The Morgan fingerprint density at radius 2 is 1.92 bits per heavy atom. The minimum Gasteiger partial charge on any atom is -0.469 e. The van der Waals surface area contributed by atoms with Gasteiger partial charge in [0, 0.05) is 33.6 Å². The van der Waals surface area contributed by atoms with E-state index in [0.29, 0.717) is 35.8 Å². The Morgan fingerprint density at radius 3 is 2.46 bits per heavy atom. The molecule has 0 spiro atoms. The molecular formula is C20H29N3O3. The second-order valence-electron chi connectivity index (χ2n) is 8.94. The third-order valence-electron chi connectivity index (χ3n) is 7.11. The molecule has 0 aromatic carbocycles. The number of anilines is 1. The molecule has 1 heterocycles. The predicted molar refractivity (Wildman–Crippen MR) is 98.0 cm³/mol. The van der Waals surface area contributed by atoms with Crippen LogP contribution in [0.5, 0.6) is 0 Å². The molecule has 0 N–H and O–H groups in total. The summed E-state index contributed by atoms with van der Waals surface area (Å²) in [6.45, 7) is 0. The van der Waals surface area contributed by atoms with E-state index in [0.717, 1.165) is 25.1 Å². The number of carbonyl (C=O) groups is 2. The van der Waals surface area contributed by atoms with Gasteiger partial charge in [-0.15, -0.1) is 0 Å². The lowest BCUT2D eigenvalue weighted by Crippen LogP contribution is -2.54. The molecule has 2 atom stereocenters. The molecule has 4 aliphatic carbocycles. The van der Waals surface area contributed by atoms with Crippen molar-refractivity contribution in [1.82, 2.24) is 9.78 Å². The summed E-state index contributed by atoms with van der Waals surface area (Å²) in [6.07, 6.45) is 5.67. The van der Waals surface area contributed by atoms with E-state index in [1.165, 1.54) is 20.0 Å². The summed E-state index contributed by atoms with van der Waals surface area (Å²) in [5.74, 6) is 3.01. The van der Waals surface area contributed by atoms with Crippen LogP contribution in [0.4, 0.5) is 5.82 Å². The Labute approximate surface area is 154 Å². The second-order valence-corrected chi connectivity index (χ2v) is 8.94. The number of Topliss-reactive ketones (excluding diaryl/α,β-unsaturated/α-hetero) is 1. The number of aryl methyl sites for hydroxylation is 1. The van der Waals surface area contributed by atoms with Crippen LogP contribution in [0.1, 0.15) is 49.0 Å². The van der Waals surface area contributed by atoms with Crippen LogP contribution in [-0.4, -0.2) is 42.7 Å². The van der Waals surface area contributed by atoms with Crippen LogP contribution in [0.2, 0.25) is 0 Å². The smallest absolute Gasteiger partial charge is 0.311 e. The fourth-order valence-electron chi connectivity index (χ4n) is 6.26. The molecule has 4 saturated carbocycles. The van der Waals surface area contributed by atoms with Crippen LogP contribution in [-0.2, 0) is 16.6 Å². The first-order valence-corrected chi connectivity index (χ1v) is 9.66. The highest BCUT2D eigenvalue weighted by atomic mass is 16.5. The van der Waals surface area contributed by atoms with Crippen molar-refractivity contribution in [3.8, 4) is 0 Å². The zero-order valence-electron chi connectivity index (χ0n) is 16.2. The molecule has 4 bridgehead atoms. The Bertz CT molecular complexity index is 723. The molecule has 0 saturated heterocycles. The lowest BCUT2D eigenvalue weighted by atomic mass is 9.45. The molecule has 142 valence electrons. The van der Waals surface area contributed by atoms with Gasteiger partial charge < -0.3 is 9.64 Å². The number of carbonyl (C=O) groups excluding carboxylic acids is 2. The van der Waals surface area contributed by atoms with Gasteiger partial charge in [-0.1, -0.05) is 0 Å². The average molecular weight is 359 g/mol. The van der Waals surface area contributed by atoms with Crippen molar-refractivity contribution >= 4 is 17.6 Å². The zero-order valence-corrected chi connectivity index (χ0v) is 16.2. The number of aromatic nitrogens is 2. The van der Waals surface area contributed by atoms with Crippen molar-refractivity contribution in [2.75, 3.05) is 26.1 Å². The van der Waals surface area contributed by atoms with Crippen molar-refractivity contribution < 1.29 is 14.3 Å². The van der Waals surface area contributed by atoms with Gasteiger partial charge in [0.1, 0.15) is 11.5 Å². The quantitative estimate of drug-likeness (QED) is 0.597. The van der Waals surface area contributed by atoms with Gasteiger partial charge in [-0.05, 0) is 55.8 Å². The average Bonchev–Trinajstić information content (AvgIpc) is 2.98. The lowest BCUT2D eigenvalue weighted by molar-refractivity contribution is -0.174. The van der Waals surface area contributed by atoms with Crippen molar-refractivity contribution in [3.63, 3.8) is 0 Å². The number of ether oxygens (including phenoxy) is 1. The van der Waals surface area contributed by atoms with Crippen molar-refractivity contribution in [2.24, 2.45) is 36.1 Å². The molecule has 2 unspecified atom stereocenters. The van der Waals surface area contributed by atoms with Crippen LogP contribution in [0.3, 0.4) is 0 Å². The summed E-state index contributed by atoms with van der Waals surface area (Å²) in [7, 11) is 7.28. The number of esters is 1. The fourth-order valence-corrected chi connectivity index (χ4v) is 6.26. The van der Waals surface area contributed by atoms with E-state index < -0.39 is 0 Å². The number of hydrogen-bond donors (Lipinski definition) is 0. The van der Waals surface area contributed by atoms with Crippen LogP contribution in [0, 0.1) is 29.1 Å². The molecular weight excluding hydrogens is 330 g/mol. The summed E-state index contributed by atoms with van der Waals surface area (Å²) in [5.41, 5.74) is 0.293. The molecule has 1 aromatic rings. The maximum Gasteiger partial charge on any atom is 0.311 e. The number of hydrogen-bond acceptors (Lipinski definition) is 5. The van der Waals surface area contributed by atoms with E-state index in [9.17, 15) is 9.59 Å². The minimum atomic E-state index is -0.270. The molecule has 4 aliphatic rings. The standard InChI is InChI=1S/C20H29N3O3/c1-22(2)18-8-16(21-23(18)3)17(24)7-15-13-5-12-6-14(15)11-20(9-12,10-13)19(25)26-4/h8,12-15H,5-7,9-11H2,1-4H3. The second kappa shape index (κ2) is 6.10. The number of rotatable bonds is 5. The third kappa shape index (κ3) is 2.65. The molecule has 6 heteroatoms. The molecule has 6 nitrogen and oxygen atoms in total. The highest BCUT2D eigenvalue weighted by Crippen LogP contribution is 2.63. The van der Waals surface area contributed by atoms with Crippen LogP contribution < -0.4 is 4.90 Å². The molecule has 0 amide bonds.